The van der Waals surface area contributed by atoms with Crippen molar-refractivity contribution < 1.29 is 4.74 Å². The van der Waals surface area contributed by atoms with E-state index in [-0.39, 0.29) is 5.84 Å². The third-order valence-electron chi connectivity index (χ3n) is 2.37. The third kappa shape index (κ3) is 2.87. The predicted octanol–water partition coefficient (Wildman–Crippen LogP) is 3.23. The fourth-order valence-electron chi connectivity index (χ4n) is 1.48. The lowest BCUT2D eigenvalue weighted by Gasteiger charge is -2.09. The lowest BCUT2D eigenvalue weighted by molar-refractivity contribution is 0.478. The third-order valence-corrected chi connectivity index (χ3v) is 2.87. The van der Waals surface area contributed by atoms with Gasteiger partial charge in [0.25, 0.3) is 0 Å². The molecule has 3 N–H and O–H groups in total. The van der Waals surface area contributed by atoms with Gasteiger partial charge in [-0.15, -0.1) is 0 Å². The zero-order chi connectivity index (χ0) is 13.1. The second kappa shape index (κ2) is 5.18. The van der Waals surface area contributed by atoms with Crippen molar-refractivity contribution >= 4 is 21.8 Å². The van der Waals surface area contributed by atoms with Crippen LogP contribution in [-0.2, 0) is 0 Å². The average Bonchev–Trinajstić information content (AvgIpc) is 2.33. The number of nitrogens with one attached hydrogen (secondary N) is 1. The number of aromatic nitrogens is 1. The van der Waals surface area contributed by atoms with E-state index in [0.29, 0.717) is 11.4 Å². The molecule has 92 valence electrons. The predicted molar refractivity (Wildman–Crippen MR) is 74.2 cm³/mol. The smallest absolute Gasteiger partial charge is 0.141 e. The van der Waals surface area contributed by atoms with Gasteiger partial charge >= 0.3 is 0 Å². The number of hydrogen-bond acceptors (Lipinski definition) is 3. The Morgan fingerprint density at radius 2 is 2.11 bits per heavy atom. The molecule has 2 aromatic rings. The molecular formula is C13H12BrN3O. The van der Waals surface area contributed by atoms with Crippen LogP contribution in [0.3, 0.4) is 0 Å². The van der Waals surface area contributed by atoms with Gasteiger partial charge < -0.3 is 10.5 Å². The molecule has 4 nitrogen and oxygen atoms in total. The Labute approximate surface area is 113 Å². The quantitative estimate of drug-likeness (QED) is 0.675. The first kappa shape index (κ1) is 12.6. The lowest BCUT2D eigenvalue weighted by atomic mass is 10.2. The van der Waals surface area contributed by atoms with Gasteiger partial charge in [0.1, 0.15) is 23.0 Å². The van der Waals surface area contributed by atoms with E-state index in [1.807, 2.05) is 25.1 Å². The van der Waals surface area contributed by atoms with Crippen molar-refractivity contribution in [3.05, 3.63) is 52.3 Å². The lowest BCUT2D eigenvalue weighted by Crippen LogP contribution is -2.12. The van der Waals surface area contributed by atoms with E-state index in [9.17, 15) is 0 Å². The Morgan fingerprint density at radius 3 is 2.78 bits per heavy atom. The minimum atomic E-state index is -0.0759. The van der Waals surface area contributed by atoms with Crippen LogP contribution in [0.1, 0.15) is 11.3 Å². The van der Waals surface area contributed by atoms with Crippen LogP contribution in [-0.4, -0.2) is 10.8 Å². The zero-order valence-electron chi connectivity index (χ0n) is 9.77. The van der Waals surface area contributed by atoms with Crippen LogP contribution in [0.15, 0.2) is 41.0 Å². The van der Waals surface area contributed by atoms with Crippen LogP contribution in [0.25, 0.3) is 0 Å². The van der Waals surface area contributed by atoms with E-state index in [4.69, 9.17) is 15.9 Å². The van der Waals surface area contributed by atoms with Crippen molar-refractivity contribution in [2.45, 2.75) is 6.92 Å². The van der Waals surface area contributed by atoms with Crippen LogP contribution < -0.4 is 10.5 Å². The number of nitrogens with two attached hydrogens (primary N) is 1. The molecule has 2 rings (SSSR count). The first-order valence-electron chi connectivity index (χ1n) is 5.31. The van der Waals surface area contributed by atoms with Gasteiger partial charge in [-0.05, 0) is 36.8 Å². The Balaban J connectivity index is 2.28. The van der Waals surface area contributed by atoms with Crippen molar-refractivity contribution in [1.82, 2.24) is 4.98 Å². The highest BCUT2D eigenvalue weighted by Gasteiger charge is 2.04. The van der Waals surface area contributed by atoms with E-state index in [1.165, 1.54) is 0 Å². The molecule has 1 aromatic carbocycles. The Bertz CT molecular complexity index is 599. The summed E-state index contributed by atoms with van der Waals surface area (Å²) in [6.45, 7) is 1.97. The van der Waals surface area contributed by atoms with E-state index in [2.05, 4.69) is 20.9 Å². The highest BCUT2D eigenvalue weighted by atomic mass is 79.9. The van der Waals surface area contributed by atoms with Gasteiger partial charge in [-0.3, -0.25) is 10.4 Å². The average molecular weight is 306 g/mol. The molecule has 5 heteroatoms. The molecule has 18 heavy (non-hydrogen) atoms. The molecule has 0 saturated heterocycles. The van der Waals surface area contributed by atoms with Gasteiger partial charge in [-0.2, -0.15) is 0 Å². The molecule has 0 aliphatic carbocycles. The van der Waals surface area contributed by atoms with Crippen LogP contribution in [0.4, 0.5) is 0 Å². The van der Waals surface area contributed by atoms with Crippen LogP contribution in [0.2, 0.25) is 0 Å². The molecular weight excluding hydrogens is 294 g/mol. The molecule has 0 saturated carbocycles. The summed E-state index contributed by atoms with van der Waals surface area (Å²) >= 11 is 3.40. The largest absolute Gasteiger partial charge is 0.457 e. The summed E-state index contributed by atoms with van der Waals surface area (Å²) in [6, 6.07) is 9.14. The summed E-state index contributed by atoms with van der Waals surface area (Å²) in [5.41, 5.74) is 6.81. The maximum atomic E-state index is 7.34. The molecule has 0 spiro atoms. The van der Waals surface area contributed by atoms with Crippen molar-refractivity contribution in [2.24, 2.45) is 5.73 Å². The zero-order valence-corrected chi connectivity index (χ0v) is 11.4. The molecule has 0 unspecified atom stereocenters. The number of hydrogen-bond donors (Lipinski definition) is 2. The fourth-order valence-corrected chi connectivity index (χ4v) is 1.95. The number of halogens is 1. The van der Waals surface area contributed by atoms with Gasteiger partial charge in [0, 0.05) is 16.7 Å². The second-order valence-corrected chi connectivity index (χ2v) is 4.72. The van der Waals surface area contributed by atoms with Crippen molar-refractivity contribution in [2.75, 3.05) is 0 Å². The SMILES string of the molecule is Cc1cc(Br)ccc1Oc1ccnc(C(=N)N)c1. The van der Waals surface area contributed by atoms with Gasteiger partial charge in [0.05, 0.1) is 0 Å². The summed E-state index contributed by atoms with van der Waals surface area (Å²) in [5.74, 6) is 1.30. The molecule has 0 bridgehead atoms. The van der Waals surface area contributed by atoms with Gasteiger partial charge in [-0.1, -0.05) is 15.9 Å². The molecule has 0 aliphatic rings. The monoisotopic (exact) mass is 305 g/mol. The van der Waals surface area contributed by atoms with E-state index in [0.717, 1.165) is 15.8 Å². The second-order valence-electron chi connectivity index (χ2n) is 3.80. The molecule has 1 heterocycles. The normalized spacial score (nSPS) is 10.1. The van der Waals surface area contributed by atoms with Gasteiger partial charge in [0.15, 0.2) is 0 Å². The van der Waals surface area contributed by atoms with Crippen molar-refractivity contribution in [1.29, 1.82) is 5.41 Å². The number of rotatable bonds is 3. The minimum Gasteiger partial charge on any atom is -0.457 e. The number of ether oxygens (including phenoxy) is 1. The van der Waals surface area contributed by atoms with Gasteiger partial charge in [0.2, 0.25) is 0 Å². The molecule has 1 aromatic heterocycles. The first-order chi connectivity index (χ1) is 8.56. The minimum absolute atomic E-state index is 0.0759. The van der Waals surface area contributed by atoms with E-state index in [1.54, 1.807) is 18.3 Å². The van der Waals surface area contributed by atoms with Crippen LogP contribution in [0, 0.1) is 12.3 Å². The number of nitrogen functional groups attached to an aromatic ring is 1. The Kier molecular flexibility index (Phi) is 3.62. The number of benzene rings is 1. The molecule has 0 aliphatic heterocycles. The molecule has 0 radical (unpaired) electrons. The number of aryl methyl sites for hydroxylation is 1. The maximum absolute atomic E-state index is 7.34. The Morgan fingerprint density at radius 1 is 1.33 bits per heavy atom. The molecule has 0 atom stereocenters. The summed E-state index contributed by atoms with van der Waals surface area (Å²) in [5, 5.41) is 7.34. The highest BCUT2D eigenvalue weighted by molar-refractivity contribution is 9.10. The maximum Gasteiger partial charge on any atom is 0.141 e. The van der Waals surface area contributed by atoms with Crippen LogP contribution in [0.5, 0.6) is 11.5 Å². The van der Waals surface area contributed by atoms with E-state index < -0.39 is 0 Å². The summed E-state index contributed by atoms with van der Waals surface area (Å²) in [4.78, 5) is 3.98. The summed E-state index contributed by atoms with van der Waals surface area (Å²) in [7, 11) is 0. The number of nitrogens with zero attached hydrogens (tertiary/aromatic N) is 1. The van der Waals surface area contributed by atoms with Crippen molar-refractivity contribution in [3.63, 3.8) is 0 Å². The van der Waals surface area contributed by atoms with Crippen molar-refractivity contribution in [3.8, 4) is 11.5 Å². The molecule has 0 fully saturated rings. The Hall–Kier alpha value is -1.88. The van der Waals surface area contributed by atoms with Gasteiger partial charge in [-0.25, -0.2) is 0 Å². The number of pyridine rings is 1. The fraction of sp³-hybridized carbons (Fsp3) is 0.0769. The number of amidine groups is 1. The van der Waals surface area contributed by atoms with E-state index >= 15 is 0 Å². The highest BCUT2D eigenvalue weighted by Crippen LogP contribution is 2.27. The van der Waals surface area contributed by atoms with Crippen LogP contribution >= 0.6 is 15.9 Å². The summed E-state index contributed by atoms with van der Waals surface area (Å²) < 4.78 is 6.75. The topological polar surface area (TPSA) is 72.0 Å². The first-order valence-corrected chi connectivity index (χ1v) is 6.10. The summed E-state index contributed by atoms with van der Waals surface area (Å²) in [6.07, 6.45) is 1.57. The molecule has 0 amide bonds. The standard InChI is InChI=1S/C13H12BrN3O/c1-8-6-9(14)2-3-12(8)18-10-4-5-17-11(7-10)13(15)16/h2-7H,1H3,(H3,15,16).